The number of hydrogen-bond donors (Lipinski definition) is 1. The molecule has 2 aromatic rings. The molecule has 0 amide bonds. The van der Waals surface area contributed by atoms with Crippen LogP contribution in [0, 0.1) is 0 Å². The van der Waals surface area contributed by atoms with Crippen molar-refractivity contribution in [1.29, 1.82) is 0 Å². The molecule has 2 rings (SSSR count). The molecule has 20 heavy (non-hydrogen) atoms. The highest BCUT2D eigenvalue weighted by Crippen LogP contribution is 2.30. The first kappa shape index (κ1) is 15.4. The Bertz CT molecular complexity index is 599. The van der Waals surface area contributed by atoms with Gasteiger partial charge in [-0.25, -0.2) is 0 Å². The Morgan fingerprint density at radius 1 is 1.10 bits per heavy atom. The standard InChI is InChI=1S/C16H16BrClO2/c1-10(2)20-13-5-3-4-11(8-13)16(19)12-6-7-15(18)14(17)9-12/h3-10,16,19H,1-2H3. The zero-order valence-corrected chi connectivity index (χ0v) is 13.6. The van der Waals surface area contributed by atoms with Crippen molar-refractivity contribution < 1.29 is 9.84 Å². The predicted octanol–water partition coefficient (Wildman–Crippen LogP) is 4.97. The molecule has 0 fully saturated rings. The second-order valence-electron chi connectivity index (χ2n) is 4.82. The van der Waals surface area contributed by atoms with E-state index >= 15 is 0 Å². The van der Waals surface area contributed by atoms with Crippen LogP contribution in [0.1, 0.15) is 31.1 Å². The van der Waals surface area contributed by atoms with E-state index in [0.717, 1.165) is 21.3 Å². The van der Waals surface area contributed by atoms with Crippen LogP contribution in [0.15, 0.2) is 46.9 Å². The molecule has 1 unspecified atom stereocenters. The maximum absolute atomic E-state index is 10.4. The van der Waals surface area contributed by atoms with Crippen LogP contribution in [0.2, 0.25) is 5.02 Å². The van der Waals surface area contributed by atoms with Crippen LogP contribution >= 0.6 is 27.5 Å². The van der Waals surface area contributed by atoms with Crippen LogP contribution in [0.4, 0.5) is 0 Å². The van der Waals surface area contributed by atoms with E-state index in [1.54, 1.807) is 6.07 Å². The Kier molecular flexibility index (Phi) is 5.08. The lowest BCUT2D eigenvalue weighted by Gasteiger charge is -2.15. The van der Waals surface area contributed by atoms with Crippen LogP contribution in [0.3, 0.4) is 0 Å². The molecule has 106 valence electrons. The van der Waals surface area contributed by atoms with Crippen molar-refractivity contribution in [3.05, 3.63) is 63.1 Å². The summed E-state index contributed by atoms with van der Waals surface area (Å²) >= 11 is 9.33. The fourth-order valence-corrected chi connectivity index (χ4v) is 2.42. The second-order valence-corrected chi connectivity index (χ2v) is 6.08. The average Bonchev–Trinajstić information content (AvgIpc) is 2.40. The summed E-state index contributed by atoms with van der Waals surface area (Å²) in [5, 5.41) is 11.1. The topological polar surface area (TPSA) is 29.5 Å². The quantitative estimate of drug-likeness (QED) is 0.839. The molecule has 0 bridgehead atoms. The van der Waals surface area contributed by atoms with Crippen molar-refractivity contribution in [3.63, 3.8) is 0 Å². The molecule has 2 nitrogen and oxygen atoms in total. The minimum absolute atomic E-state index is 0.104. The van der Waals surface area contributed by atoms with E-state index in [-0.39, 0.29) is 6.10 Å². The molecule has 0 radical (unpaired) electrons. The predicted molar refractivity (Wildman–Crippen MR) is 85.4 cm³/mol. The summed E-state index contributed by atoms with van der Waals surface area (Å²) < 4.78 is 6.41. The summed E-state index contributed by atoms with van der Waals surface area (Å²) in [4.78, 5) is 0. The number of hydrogen-bond acceptors (Lipinski definition) is 2. The van der Waals surface area contributed by atoms with Crippen molar-refractivity contribution in [2.75, 3.05) is 0 Å². The van der Waals surface area contributed by atoms with Crippen LogP contribution in [-0.2, 0) is 0 Å². The average molecular weight is 356 g/mol. The lowest BCUT2D eigenvalue weighted by molar-refractivity contribution is 0.216. The highest BCUT2D eigenvalue weighted by molar-refractivity contribution is 9.10. The first-order valence-electron chi connectivity index (χ1n) is 6.37. The largest absolute Gasteiger partial charge is 0.491 e. The van der Waals surface area contributed by atoms with Crippen LogP contribution in [0.25, 0.3) is 0 Å². The Morgan fingerprint density at radius 3 is 2.45 bits per heavy atom. The summed E-state index contributed by atoms with van der Waals surface area (Å²) in [5.41, 5.74) is 1.57. The van der Waals surface area contributed by atoms with Gasteiger partial charge in [0, 0.05) is 4.47 Å². The van der Waals surface area contributed by atoms with Crippen molar-refractivity contribution in [1.82, 2.24) is 0 Å². The number of halogens is 2. The molecule has 4 heteroatoms. The Morgan fingerprint density at radius 2 is 1.80 bits per heavy atom. The van der Waals surface area contributed by atoms with E-state index in [0.29, 0.717) is 5.02 Å². The molecule has 0 aliphatic carbocycles. The summed E-state index contributed by atoms with van der Waals surface area (Å²) in [5.74, 6) is 0.754. The first-order valence-corrected chi connectivity index (χ1v) is 7.54. The fraction of sp³-hybridized carbons (Fsp3) is 0.250. The third-order valence-corrected chi connectivity index (χ3v) is 4.02. The van der Waals surface area contributed by atoms with Crippen LogP contribution < -0.4 is 4.74 Å². The third-order valence-electron chi connectivity index (χ3n) is 2.81. The van der Waals surface area contributed by atoms with Gasteiger partial charge in [0.1, 0.15) is 11.9 Å². The van der Waals surface area contributed by atoms with Gasteiger partial charge in [0.05, 0.1) is 11.1 Å². The maximum atomic E-state index is 10.4. The second kappa shape index (κ2) is 6.61. The van der Waals surface area contributed by atoms with Crippen molar-refractivity contribution in [2.45, 2.75) is 26.1 Å². The maximum Gasteiger partial charge on any atom is 0.120 e. The van der Waals surface area contributed by atoms with Gasteiger partial charge in [0.15, 0.2) is 0 Å². The summed E-state index contributed by atoms with van der Waals surface area (Å²) in [6, 6.07) is 12.9. The van der Waals surface area contributed by atoms with Crippen molar-refractivity contribution in [3.8, 4) is 5.75 Å². The zero-order valence-electron chi connectivity index (χ0n) is 11.3. The van der Waals surface area contributed by atoms with Gasteiger partial charge in [-0.2, -0.15) is 0 Å². The third kappa shape index (κ3) is 3.75. The first-order chi connectivity index (χ1) is 9.47. The normalized spacial score (nSPS) is 12.5. The Balaban J connectivity index is 2.28. The van der Waals surface area contributed by atoms with E-state index in [4.69, 9.17) is 16.3 Å². The monoisotopic (exact) mass is 354 g/mol. The van der Waals surface area contributed by atoms with Gasteiger partial charge in [-0.05, 0) is 65.2 Å². The Hall–Kier alpha value is -1.03. The van der Waals surface area contributed by atoms with E-state index in [9.17, 15) is 5.11 Å². The highest BCUT2D eigenvalue weighted by Gasteiger charge is 2.13. The van der Waals surface area contributed by atoms with Gasteiger partial charge in [-0.1, -0.05) is 29.8 Å². The summed E-state index contributed by atoms with van der Waals surface area (Å²) in [6.45, 7) is 3.94. The van der Waals surface area contributed by atoms with Gasteiger partial charge in [0.2, 0.25) is 0 Å². The molecule has 0 aromatic heterocycles. The molecule has 0 spiro atoms. The molecule has 0 aliphatic rings. The molecule has 0 aliphatic heterocycles. The molecule has 0 saturated carbocycles. The zero-order chi connectivity index (χ0) is 14.7. The van der Waals surface area contributed by atoms with Crippen LogP contribution in [-0.4, -0.2) is 11.2 Å². The Labute approximate surface area is 132 Å². The number of ether oxygens (including phenoxy) is 1. The number of rotatable bonds is 4. The molecule has 1 N–H and O–H groups in total. The molecule has 0 saturated heterocycles. The van der Waals surface area contributed by atoms with E-state index in [2.05, 4.69) is 15.9 Å². The minimum Gasteiger partial charge on any atom is -0.491 e. The molecule has 0 heterocycles. The van der Waals surface area contributed by atoms with E-state index in [1.807, 2.05) is 50.2 Å². The number of benzene rings is 2. The molecular formula is C16H16BrClO2. The van der Waals surface area contributed by atoms with E-state index < -0.39 is 6.10 Å². The minimum atomic E-state index is -0.709. The molecular weight excluding hydrogens is 340 g/mol. The number of aliphatic hydroxyl groups excluding tert-OH is 1. The smallest absolute Gasteiger partial charge is 0.120 e. The van der Waals surface area contributed by atoms with E-state index in [1.165, 1.54) is 0 Å². The summed E-state index contributed by atoms with van der Waals surface area (Å²) in [7, 11) is 0. The highest BCUT2D eigenvalue weighted by atomic mass is 79.9. The van der Waals surface area contributed by atoms with Crippen molar-refractivity contribution in [2.24, 2.45) is 0 Å². The lowest BCUT2D eigenvalue weighted by Crippen LogP contribution is -2.06. The van der Waals surface area contributed by atoms with Gasteiger partial charge < -0.3 is 9.84 Å². The van der Waals surface area contributed by atoms with Gasteiger partial charge in [0.25, 0.3) is 0 Å². The number of aliphatic hydroxyl groups is 1. The van der Waals surface area contributed by atoms with Gasteiger partial charge in [-0.3, -0.25) is 0 Å². The SMILES string of the molecule is CC(C)Oc1cccc(C(O)c2ccc(Cl)c(Br)c2)c1. The van der Waals surface area contributed by atoms with Gasteiger partial charge >= 0.3 is 0 Å². The summed E-state index contributed by atoms with van der Waals surface area (Å²) in [6.07, 6.45) is -0.605. The van der Waals surface area contributed by atoms with Crippen LogP contribution in [0.5, 0.6) is 5.75 Å². The van der Waals surface area contributed by atoms with Gasteiger partial charge in [-0.15, -0.1) is 0 Å². The molecule has 2 aromatic carbocycles. The fourth-order valence-electron chi connectivity index (χ4n) is 1.91. The van der Waals surface area contributed by atoms with Crippen molar-refractivity contribution >= 4 is 27.5 Å². The lowest BCUT2D eigenvalue weighted by atomic mass is 10.0. The molecule has 1 atom stereocenters.